The molecule has 116 valence electrons. The van der Waals surface area contributed by atoms with Crippen molar-refractivity contribution in [3.63, 3.8) is 0 Å². The predicted octanol–water partition coefficient (Wildman–Crippen LogP) is 1.21. The van der Waals surface area contributed by atoms with E-state index in [0.717, 1.165) is 32.0 Å². The summed E-state index contributed by atoms with van der Waals surface area (Å²) in [6.45, 7) is 2.30. The van der Waals surface area contributed by atoms with E-state index in [1.54, 1.807) is 0 Å². The summed E-state index contributed by atoms with van der Waals surface area (Å²) in [6.07, 6.45) is 1.90. The van der Waals surface area contributed by atoms with Gasteiger partial charge in [0, 0.05) is 18.7 Å². The molecule has 1 aromatic rings. The molecule has 0 spiro atoms. The number of piperidine rings is 1. The Hall–Kier alpha value is -1.51. The molecular weight excluding hydrogens is 294 g/mol. The monoisotopic (exact) mass is 313 g/mol. The number of hydrogen-bond donors (Lipinski definition) is 1. The van der Waals surface area contributed by atoms with Crippen molar-refractivity contribution < 1.29 is 13.3 Å². The van der Waals surface area contributed by atoms with Gasteiger partial charge in [0.2, 0.25) is 10.0 Å². The number of likely N-dealkylation sites (tertiary alicyclic amines) is 1. The van der Waals surface area contributed by atoms with Crippen LogP contribution in [0.5, 0.6) is 0 Å². The van der Waals surface area contributed by atoms with Gasteiger partial charge in [0.15, 0.2) is 0 Å². The number of nitrogens with one attached hydrogen (secondary N) is 1. The minimum Gasteiger partial charge on any atom is -0.306 e. The SMILES string of the molecule is CN1CCC(CNS(=O)(=O)c2cccc([N+](=O)[O-])c2)CC1. The lowest BCUT2D eigenvalue weighted by atomic mass is 9.98. The van der Waals surface area contributed by atoms with Crippen molar-refractivity contribution in [2.45, 2.75) is 17.7 Å². The maximum Gasteiger partial charge on any atom is 0.270 e. The maximum atomic E-state index is 12.2. The Bertz CT molecular complexity index is 610. The van der Waals surface area contributed by atoms with E-state index in [2.05, 4.69) is 9.62 Å². The minimum atomic E-state index is -3.70. The van der Waals surface area contributed by atoms with E-state index in [4.69, 9.17) is 0 Å². The summed E-state index contributed by atoms with van der Waals surface area (Å²) in [4.78, 5) is 12.2. The van der Waals surface area contributed by atoms with Gasteiger partial charge in [-0.2, -0.15) is 0 Å². The van der Waals surface area contributed by atoms with Gasteiger partial charge >= 0.3 is 0 Å². The van der Waals surface area contributed by atoms with Crippen LogP contribution >= 0.6 is 0 Å². The van der Waals surface area contributed by atoms with Gasteiger partial charge in [0.1, 0.15) is 0 Å². The third-order valence-corrected chi connectivity index (χ3v) is 5.16. The van der Waals surface area contributed by atoms with Crippen molar-refractivity contribution in [2.24, 2.45) is 5.92 Å². The molecule has 1 heterocycles. The quantitative estimate of drug-likeness (QED) is 0.651. The highest BCUT2D eigenvalue weighted by atomic mass is 32.2. The zero-order chi connectivity index (χ0) is 15.5. The number of nitro benzene ring substituents is 1. The van der Waals surface area contributed by atoms with Gasteiger partial charge < -0.3 is 4.90 Å². The van der Waals surface area contributed by atoms with Crippen LogP contribution in [0.3, 0.4) is 0 Å². The van der Waals surface area contributed by atoms with Gasteiger partial charge in [-0.15, -0.1) is 0 Å². The Morgan fingerprint density at radius 3 is 2.67 bits per heavy atom. The molecule has 1 aliphatic heterocycles. The lowest BCUT2D eigenvalue weighted by Gasteiger charge is -2.28. The first kappa shape index (κ1) is 15.9. The maximum absolute atomic E-state index is 12.2. The third-order valence-electron chi connectivity index (χ3n) is 3.74. The number of hydrogen-bond acceptors (Lipinski definition) is 5. The first-order chi connectivity index (χ1) is 9.88. The Morgan fingerprint density at radius 2 is 2.05 bits per heavy atom. The van der Waals surface area contributed by atoms with Crippen LogP contribution in [0.15, 0.2) is 29.2 Å². The molecule has 1 aliphatic rings. The summed E-state index contributed by atoms with van der Waals surface area (Å²) >= 11 is 0. The number of nitro groups is 1. The second-order valence-corrected chi connectivity index (χ2v) is 7.12. The highest BCUT2D eigenvalue weighted by molar-refractivity contribution is 7.89. The van der Waals surface area contributed by atoms with Crippen molar-refractivity contribution >= 4 is 15.7 Å². The highest BCUT2D eigenvalue weighted by Gasteiger charge is 2.21. The molecule has 0 atom stereocenters. The molecule has 2 rings (SSSR count). The van der Waals surface area contributed by atoms with Crippen LogP contribution in [0, 0.1) is 16.0 Å². The molecule has 0 bridgehead atoms. The molecule has 1 saturated heterocycles. The minimum absolute atomic E-state index is 0.0652. The smallest absolute Gasteiger partial charge is 0.270 e. The Morgan fingerprint density at radius 1 is 1.38 bits per heavy atom. The number of sulfonamides is 1. The number of nitrogens with zero attached hydrogens (tertiary/aromatic N) is 2. The van der Waals surface area contributed by atoms with Crippen LogP contribution < -0.4 is 4.72 Å². The predicted molar refractivity (Wildman–Crippen MR) is 78.5 cm³/mol. The molecule has 1 fully saturated rings. The molecular formula is C13H19N3O4S. The van der Waals surface area contributed by atoms with Crippen molar-refractivity contribution in [1.29, 1.82) is 0 Å². The van der Waals surface area contributed by atoms with Crippen molar-refractivity contribution in [1.82, 2.24) is 9.62 Å². The van der Waals surface area contributed by atoms with E-state index in [1.807, 2.05) is 7.05 Å². The van der Waals surface area contributed by atoms with E-state index in [-0.39, 0.29) is 10.6 Å². The van der Waals surface area contributed by atoms with Crippen LogP contribution in [-0.2, 0) is 10.0 Å². The lowest BCUT2D eigenvalue weighted by Crippen LogP contribution is -2.36. The molecule has 1 N–H and O–H groups in total. The second-order valence-electron chi connectivity index (χ2n) is 5.35. The average Bonchev–Trinajstić information content (AvgIpc) is 2.47. The number of benzene rings is 1. The van der Waals surface area contributed by atoms with Gasteiger partial charge in [0.25, 0.3) is 5.69 Å². The molecule has 8 heteroatoms. The molecule has 1 aromatic carbocycles. The first-order valence-electron chi connectivity index (χ1n) is 6.81. The molecule has 0 aromatic heterocycles. The molecule has 0 aliphatic carbocycles. The topological polar surface area (TPSA) is 92.6 Å². The van der Waals surface area contributed by atoms with Gasteiger partial charge in [-0.05, 0) is 45.0 Å². The molecule has 7 nitrogen and oxygen atoms in total. The zero-order valence-corrected chi connectivity index (χ0v) is 12.7. The molecule has 0 amide bonds. The summed E-state index contributed by atoms with van der Waals surface area (Å²) in [6, 6.07) is 5.10. The molecule has 0 unspecified atom stereocenters. The highest BCUT2D eigenvalue weighted by Crippen LogP contribution is 2.19. The second kappa shape index (κ2) is 6.50. The van der Waals surface area contributed by atoms with Crippen LogP contribution in [0.2, 0.25) is 0 Å². The fraction of sp³-hybridized carbons (Fsp3) is 0.538. The number of rotatable bonds is 5. The zero-order valence-electron chi connectivity index (χ0n) is 11.9. The standard InChI is InChI=1S/C13H19N3O4S/c1-15-7-5-11(6-8-15)10-14-21(19,20)13-4-2-3-12(9-13)16(17)18/h2-4,9,11,14H,5-8,10H2,1H3. The first-order valence-corrected chi connectivity index (χ1v) is 8.29. The lowest BCUT2D eigenvalue weighted by molar-refractivity contribution is -0.385. The van der Waals surface area contributed by atoms with E-state index >= 15 is 0 Å². The van der Waals surface area contributed by atoms with Crippen LogP contribution in [0.25, 0.3) is 0 Å². The van der Waals surface area contributed by atoms with Crippen LogP contribution in [0.4, 0.5) is 5.69 Å². The molecule has 0 saturated carbocycles. The molecule has 21 heavy (non-hydrogen) atoms. The van der Waals surface area contributed by atoms with E-state index in [9.17, 15) is 18.5 Å². The Balaban J connectivity index is 2.01. The average molecular weight is 313 g/mol. The van der Waals surface area contributed by atoms with Crippen LogP contribution in [-0.4, -0.2) is 44.9 Å². The van der Waals surface area contributed by atoms with Gasteiger partial charge in [-0.25, -0.2) is 13.1 Å². The van der Waals surface area contributed by atoms with Crippen molar-refractivity contribution in [3.8, 4) is 0 Å². The van der Waals surface area contributed by atoms with Crippen molar-refractivity contribution in [3.05, 3.63) is 34.4 Å². The van der Waals surface area contributed by atoms with E-state index < -0.39 is 14.9 Å². The summed E-state index contributed by atoms with van der Waals surface area (Å²) in [5.74, 6) is 0.315. The normalized spacial score (nSPS) is 17.8. The van der Waals surface area contributed by atoms with Gasteiger partial charge in [0.05, 0.1) is 9.82 Å². The van der Waals surface area contributed by atoms with Gasteiger partial charge in [-0.1, -0.05) is 6.07 Å². The Kier molecular flexibility index (Phi) is 4.92. The van der Waals surface area contributed by atoms with E-state index in [0.29, 0.717) is 12.5 Å². The fourth-order valence-electron chi connectivity index (χ4n) is 2.34. The van der Waals surface area contributed by atoms with Crippen LogP contribution in [0.1, 0.15) is 12.8 Å². The van der Waals surface area contributed by atoms with Crippen molar-refractivity contribution in [2.75, 3.05) is 26.7 Å². The summed E-state index contributed by atoms with van der Waals surface area (Å²) < 4.78 is 26.9. The number of non-ortho nitro benzene ring substituents is 1. The largest absolute Gasteiger partial charge is 0.306 e. The van der Waals surface area contributed by atoms with E-state index in [1.165, 1.54) is 18.2 Å². The third kappa shape index (κ3) is 4.23. The Labute approximate surface area is 124 Å². The molecule has 0 radical (unpaired) electrons. The fourth-order valence-corrected chi connectivity index (χ4v) is 3.50. The summed E-state index contributed by atoms with van der Waals surface area (Å²) in [5.41, 5.74) is -0.225. The van der Waals surface area contributed by atoms with Gasteiger partial charge in [-0.3, -0.25) is 10.1 Å². The summed E-state index contributed by atoms with van der Waals surface area (Å²) in [5, 5.41) is 10.7. The summed E-state index contributed by atoms with van der Waals surface area (Å²) in [7, 11) is -1.65.